The average Bonchev–Trinajstić information content (AvgIpc) is 3.25. The van der Waals surface area contributed by atoms with Gasteiger partial charge in [-0.2, -0.15) is 4.98 Å². The standard InChI is InChI=1S/C17H18N4O2S/c1-12-11-24-17(18-12)14-9-21(7-8-22-14)10-15-19-16(20-23-15)13-5-3-2-4-6-13/h2-6,11,14H,7-10H2,1H3. The van der Waals surface area contributed by atoms with E-state index < -0.39 is 0 Å². The second-order valence-electron chi connectivity index (χ2n) is 5.80. The van der Waals surface area contributed by atoms with E-state index in [0.717, 1.165) is 29.4 Å². The summed E-state index contributed by atoms with van der Waals surface area (Å²) >= 11 is 1.65. The quantitative estimate of drug-likeness (QED) is 0.726. The SMILES string of the molecule is Cc1csc(C2CN(Cc3nc(-c4ccccc4)no3)CCO2)n1. The summed E-state index contributed by atoms with van der Waals surface area (Å²) < 4.78 is 11.3. The van der Waals surface area contributed by atoms with E-state index in [-0.39, 0.29) is 6.10 Å². The number of rotatable bonds is 4. The molecule has 0 radical (unpaired) electrons. The van der Waals surface area contributed by atoms with E-state index in [1.54, 1.807) is 11.3 Å². The van der Waals surface area contributed by atoms with Crippen LogP contribution in [-0.2, 0) is 11.3 Å². The maximum atomic E-state index is 5.86. The Morgan fingerprint density at radius 1 is 1.25 bits per heavy atom. The van der Waals surface area contributed by atoms with Crippen LogP contribution in [0.1, 0.15) is 22.7 Å². The molecule has 124 valence electrons. The van der Waals surface area contributed by atoms with Gasteiger partial charge in [0.2, 0.25) is 11.7 Å². The number of hydrogen-bond donors (Lipinski definition) is 0. The number of nitrogens with zero attached hydrogens (tertiary/aromatic N) is 4. The lowest BCUT2D eigenvalue weighted by molar-refractivity contribution is -0.0357. The molecule has 2 aromatic heterocycles. The largest absolute Gasteiger partial charge is 0.368 e. The molecule has 0 spiro atoms. The summed E-state index contributed by atoms with van der Waals surface area (Å²) in [5.74, 6) is 1.26. The first-order chi connectivity index (χ1) is 11.8. The lowest BCUT2D eigenvalue weighted by Gasteiger charge is -2.30. The van der Waals surface area contributed by atoms with Crippen LogP contribution >= 0.6 is 11.3 Å². The van der Waals surface area contributed by atoms with Crippen LogP contribution in [0.5, 0.6) is 0 Å². The predicted molar refractivity (Wildman–Crippen MR) is 90.6 cm³/mol. The van der Waals surface area contributed by atoms with Crippen LogP contribution in [0.3, 0.4) is 0 Å². The van der Waals surface area contributed by atoms with Crippen molar-refractivity contribution in [1.82, 2.24) is 20.0 Å². The fourth-order valence-electron chi connectivity index (χ4n) is 2.73. The molecule has 1 aliphatic heterocycles. The van der Waals surface area contributed by atoms with Gasteiger partial charge >= 0.3 is 0 Å². The van der Waals surface area contributed by atoms with Gasteiger partial charge in [0.15, 0.2) is 0 Å². The highest BCUT2D eigenvalue weighted by atomic mass is 32.1. The minimum absolute atomic E-state index is 0.0222. The fraction of sp³-hybridized carbons (Fsp3) is 0.353. The zero-order valence-corrected chi connectivity index (χ0v) is 14.2. The maximum Gasteiger partial charge on any atom is 0.241 e. The molecule has 0 saturated carbocycles. The van der Waals surface area contributed by atoms with Crippen molar-refractivity contribution >= 4 is 11.3 Å². The van der Waals surface area contributed by atoms with Crippen molar-refractivity contribution in [2.75, 3.05) is 19.7 Å². The van der Waals surface area contributed by atoms with Gasteiger partial charge < -0.3 is 9.26 Å². The lowest BCUT2D eigenvalue weighted by atomic mass is 10.2. The first kappa shape index (κ1) is 15.4. The molecule has 3 heterocycles. The summed E-state index contributed by atoms with van der Waals surface area (Å²) in [6.45, 7) is 4.96. The molecular weight excluding hydrogens is 324 g/mol. The van der Waals surface area contributed by atoms with Crippen molar-refractivity contribution in [3.63, 3.8) is 0 Å². The normalized spacial score (nSPS) is 18.8. The Labute approximate surface area is 144 Å². The van der Waals surface area contributed by atoms with Crippen molar-refractivity contribution in [1.29, 1.82) is 0 Å². The Balaban J connectivity index is 1.43. The molecular formula is C17H18N4O2S. The fourth-order valence-corrected chi connectivity index (χ4v) is 3.57. The third kappa shape index (κ3) is 3.38. The van der Waals surface area contributed by atoms with Crippen molar-refractivity contribution in [2.45, 2.75) is 19.6 Å². The minimum atomic E-state index is 0.0222. The number of hydrogen-bond acceptors (Lipinski definition) is 7. The number of aromatic nitrogens is 3. The molecule has 1 unspecified atom stereocenters. The van der Waals surface area contributed by atoms with E-state index in [1.165, 1.54) is 0 Å². The van der Waals surface area contributed by atoms with Crippen molar-refractivity contribution < 1.29 is 9.26 Å². The first-order valence-corrected chi connectivity index (χ1v) is 8.80. The average molecular weight is 342 g/mol. The predicted octanol–water partition coefficient (Wildman–Crippen LogP) is 3.08. The first-order valence-electron chi connectivity index (χ1n) is 7.92. The number of benzene rings is 1. The second kappa shape index (κ2) is 6.80. The summed E-state index contributed by atoms with van der Waals surface area (Å²) in [5, 5.41) is 7.17. The molecule has 0 amide bonds. The third-order valence-corrected chi connectivity index (χ3v) is 4.98. The highest BCUT2D eigenvalue weighted by Crippen LogP contribution is 2.26. The molecule has 0 N–H and O–H groups in total. The molecule has 1 saturated heterocycles. The molecule has 3 aromatic rings. The van der Waals surface area contributed by atoms with Crippen LogP contribution in [-0.4, -0.2) is 39.7 Å². The van der Waals surface area contributed by atoms with Crippen molar-refractivity contribution in [3.8, 4) is 11.4 Å². The highest BCUT2D eigenvalue weighted by molar-refractivity contribution is 7.09. The second-order valence-corrected chi connectivity index (χ2v) is 6.69. The van der Waals surface area contributed by atoms with E-state index in [1.807, 2.05) is 37.3 Å². The number of ether oxygens (including phenoxy) is 1. The molecule has 1 atom stereocenters. The molecule has 24 heavy (non-hydrogen) atoms. The molecule has 7 heteroatoms. The Hall–Kier alpha value is -2.09. The maximum absolute atomic E-state index is 5.86. The Kier molecular flexibility index (Phi) is 4.38. The van der Waals surface area contributed by atoms with Crippen molar-refractivity contribution in [3.05, 3.63) is 52.3 Å². The van der Waals surface area contributed by atoms with Crippen LogP contribution in [0.4, 0.5) is 0 Å². The topological polar surface area (TPSA) is 64.3 Å². The zero-order valence-electron chi connectivity index (χ0n) is 13.4. The van der Waals surface area contributed by atoms with Gasteiger partial charge in [-0.25, -0.2) is 4.98 Å². The van der Waals surface area contributed by atoms with Gasteiger partial charge in [-0.15, -0.1) is 11.3 Å². The molecule has 1 fully saturated rings. The number of aryl methyl sites for hydroxylation is 1. The van der Waals surface area contributed by atoms with Crippen LogP contribution < -0.4 is 0 Å². The van der Waals surface area contributed by atoms with Gasteiger partial charge in [-0.1, -0.05) is 35.5 Å². The molecule has 0 bridgehead atoms. The van der Waals surface area contributed by atoms with E-state index in [9.17, 15) is 0 Å². The molecule has 0 aliphatic carbocycles. The highest BCUT2D eigenvalue weighted by Gasteiger charge is 2.25. The lowest BCUT2D eigenvalue weighted by Crippen LogP contribution is -2.37. The number of thiazole rings is 1. The van der Waals surface area contributed by atoms with Gasteiger partial charge in [0.25, 0.3) is 0 Å². The van der Waals surface area contributed by atoms with Gasteiger partial charge in [0.05, 0.1) is 13.2 Å². The minimum Gasteiger partial charge on any atom is -0.368 e. The summed E-state index contributed by atoms with van der Waals surface area (Å²) in [7, 11) is 0. The van der Waals surface area contributed by atoms with Gasteiger partial charge in [0, 0.05) is 29.7 Å². The third-order valence-electron chi connectivity index (χ3n) is 3.92. The van der Waals surface area contributed by atoms with Crippen LogP contribution in [0.15, 0.2) is 40.2 Å². The van der Waals surface area contributed by atoms with E-state index >= 15 is 0 Å². The van der Waals surface area contributed by atoms with E-state index in [0.29, 0.717) is 24.9 Å². The summed E-state index contributed by atoms with van der Waals surface area (Å²) in [4.78, 5) is 11.3. The monoisotopic (exact) mass is 342 g/mol. The Morgan fingerprint density at radius 2 is 2.12 bits per heavy atom. The summed E-state index contributed by atoms with van der Waals surface area (Å²) in [6.07, 6.45) is 0.0222. The summed E-state index contributed by atoms with van der Waals surface area (Å²) in [5.41, 5.74) is 2.01. The van der Waals surface area contributed by atoms with Crippen LogP contribution in [0.25, 0.3) is 11.4 Å². The molecule has 6 nitrogen and oxygen atoms in total. The van der Waals surface area contributed by atoms with Gasteiger partial charge in [-0.3, -0.25) is 4.90 Å². The van der Waals surface area contributed by atoms with Gasteiger partial charge in [-0.05, 0) is 6.92 Å². The smallest absolute Gasteiger partial charge is 0.241 e. The molecule has 4 rings (SSSR count). The van der Waals surface area contributed by atoms with Crippen LogP contribution in [0.2, 0.25) is 0 Å². The van der Waals surface area contributed by atoms with E-state index in [4.69, 9.17) is 9.26 Å². The molecule has 1 aromatic carbocycles. The Bertz CT molecular complexity index is 802. The van der Waals surface area contributed by atoms with Crippen molar-refractivity contribution in [2.24, 2.45) is 0 Å². The van der Waals surface area contributed by atoms with Gasteiger partial charge in [0.1, 0.15) is 11.1 Å². The molecule has 1 aliphatic rings. The zero-order chi connectivity index (χ0) is 16.4. The van der Waals surface area contributed by atoms with E-state index in [2.05, 4.69) is 25.4 Å². The summed E-state index contributed by atoms with van der Waals surface area (Å²) in [6, 6.07) is 9.86. The Morgan fingerprint density at radius 3 is 2.92 bits per heavy atom. The number of morpholine rings is 1. The van der Waals surface area contributed by atoms with Crippen LogP contribution in [0, 0.1) is 6.92 Å².